The van der Waals surface area contributed by atoms with E-state index in [2.05, 4.69) is 25.7 Å². The predicted molar refractivity (Wildman–Crippen MR) is 80.3 cm³/mol. The van der Waals surface area contributed by atoms with Gasteiger partial charge in [-0.1, -0.05) is 19.8 Å². The van der Waals surface area contributed by atoms with E-state index in [9.17, 15) is 4.79 Å². The lowest BCUT2D eigenvalue weighted by atomic mass is 9.96. The van der Waals surface area contributed by atoms with Crippen molar-refractivity contribution in [1.82, 2.24) is 4.90 Å². The first-order valence-electron chi connectivity index (χ1n) is 7.57. The molecule has 0 saturated heterocycles. The monoisotopic (exact) mass is 272 g/mol. The Kier molecular flexibility index (Phi) is 9.02. The van der Waals surface area contributed by atoms with Gasteiger partial charge in [0, 0.05) is 6.04 Å². The number of rotatable bonds is 11. The molecule has 3 N–H and O–H groups in total. The van der Waals surface area contributed by atoms with Crippen LogP contribution in [0, 0.1) is 0 Å². The van der Waals surface area contributed by atoms with Crippen LogP contribution in [0.3, 0.4) is 0 Å². The fourth-order valence-corrected chi connectivity index (χ4v) is 2.11. The van der Waals surface area contributed by atoms with Crippen LogP contribution in [0.2, 0.25) is 0 Å². The van der Waals surface area contributed by atoms with E-state index < -0.39 is 11.5 Å². The molecule has 114 valence electrons. The Morgan fingerprint density at radius 1 is 1.21 bits per heavy atom. The predicted octanol–water partition coefficient (Wildman–Crippen LogP) is 2.86. The number of nitrogens with zero attached hydrogens (tertiary/aromatic N) is 1. The van der Waals surface area contributed by atoms with E-state index in [0.29, 0.717) is 12.5 Å². The van der Waals surface area contributed by atoms with Crippen LogP contribution in [0.25, 0.3) is 0 Å². The minimum absolute atomic E-state index is 0.545. The van der Waals surface area contributed by atoms with Crippen LogP contribution in [0.15, 0.2) is 0 Å². The van der Waals surface area contributed by atoms with Crippen LogP contribution < -0.4 is 5.73 Å². The molecule has 0 aliphatic heterocycles. The Bertz CT molecular complexity index is 253. The third-order valence-electron chi connectivity index (χ3n) is 3.66. The van der Waals surface area contributed by atoms with Crippen LogP contribution >= 0.6 is 0 Å². The summed E-state index contributed by atoms with van der Waals surface area (Å²) in [7, 11) is 0. The van der Waals surface area contributed by atoms with Crippen molar-refractivity contribution in [3.63, 3.8) is 0 Å². The standard InChI is InChI=1S/C15H32N2O2/c1-5-6-8-11-17(13(2)3)12-9-7-10-15(4,16)14(18)19/h13H,5-12,16H2,1-4H3,(H,18,19). The molecule has 0 aliphatic rings. The van der Waals surface area contributed by atoms with E-state index in [1.54, 1.807) is 6.92 Å². The molecular formula is C15H32N2O2. The molecule has 19 heavy (non-hydrogen) atoms. The molecule has 1 atom stereocenters. The number of carboxylic acid groups (broad SMARTS) is 1. The van der Waals surface area contributed by atoms with Crippen molar-refractivity contribution in [2.45, 2.75) is 77.8 Å². The van der Waals surface area contributed by atoms with Gasteiger partial charge in [0.1, 0.15) is 5.54 Å². The summed E-state index contributed by atoms with van der Waals surface area (Å²) in [5, 5.41) is 8.95. The zero-order valence-electron chi connectivity index (χ0n) is 13.1. The van der Waals surface area contributed by atoms with Gasteiger partial charge in [-0.25, -0.2) is 0 Å². The summed E-state index contributed by atoms with van der Waals surface area (Å²) < 4.78 is 0. The third-order valence-corrected chi connectivity index (χ3v) is 3.66. The van der Waals surface area contributed by atoms with Crippen molar-refractivity contribution in [2.75, 3.05) is 13.1 Å². The maximum absolute atomic E-state index is 10.9. The average molecular weight is 272 g/mol. The minimum atomic E-state index is -1.08. The van der Waals surface area contributed by atoms with Gasteiger partial charge in [0.2, 0.25) is 0 Å². The van der Waals surface area contributed by atoms with Crippen LogP contribution in [-0.2, 0) is 4.79 Å². The normalized spacial score (nSPS) is 14.9. The zero-order chi connectivity index (χ0) is 14.9. The highest BCUT2D eigenvalue weighted by molar-refractivity contribution is 5.77. The van der Waals surface area contributed by atoms with Gasteiger partial charge >= 0.3 is 5.97 Å². The second kappa shape index (κ2) is 9.32. The highest BCUT2D eigenvalue weighted by Crippen LogP contribution is 2.12. The molecule has 0 amide bonds. The average Bonchev–Trinajstić information content (AvgIpc) is 2.31. The van der Waals surface area contributed by atoms with Crippen LogP contribution in [0.5, 0.6) is 0 Å². The Hall–Kier alpha value is -0.610. The lowest BCUT2D eigenvalue weighted by molar-refractivity contribution is -0.142. The topological polar surface area (TPSA) is 66.6 Å². The molecule has 0 rings (SSSR count). The second-order valence-corrected chi connectivity index (χ2v) is 6.02. The Balaban J connectivity index is 3.90. The molecule has 0 bridgehead atoms. The number of carbonyl (C=O) groups is 1. The van der Waals surface area contributed by atoms with Gasteiger partial charge in [0.25, 0.3) is 0 Å². The molecule has 0 aromatic rings. The van der Waals surface area contributed by atoms with Gasteiger partial charge in [-0.05, 0) is 59.5 Å². The van der Waals surface area contributed by atoms with Gasteiger partial charge in [-0.3, -0.25) is 4.79 Å². The molecule has 0 radical (unpaired) electrons. The lowest BCUT2D eigenvalue weighted by Crippen LogP contribution is -2.44. The molecule has 0 aromatic heterocycles. The van der Waals surface area contributed by atoms with E-state index in [1.807, 2.05) is 0 Å². The number of hydrogen-bond acceptors (Lipinski definition) is 3. The number of aliphatic carboxylic acids is 1. The van der Waals surface area contributed by atoms with Crippen molar-refractivity contribution < 1.29 is 9.90 Å². The smallest absolute Gasteiger partial charge is 0.323 e. The summed E-state index contributed by atoms with van der Waals surface area (Å²) in [6.07, 6.45) is 6.21. The Morgan fingerprint density at radius 3 is 2.16 bits per heavy atom. The van der Waals surface area contributed by atoms with Gasteiger partial charge in [-0.2, -0.15) is 0 Å². The van der Waals surface area contributed by atoms with Gasteiger partial charge in [0.05, 0.1) is 0 Å². The molecule has 0 spiro atoms. The molecule has 1 unspecified atom stereocenters. The van der Waals surface area contributed by atoms with E-state index >= 15 is 0 Å². The van der Waals surface area contributed by atoms with E-state index in [0.717, 1.165) is 25.9 Å². The fraction of sp³-hybridized carbons (Fsp3) is 0.933. The van der Waals surface area contributed by atoms with Crippen molar-refractivity contribution in [2.24, 2.45) is 5.73 Å². The number of unbranched alkanes of at least 4 members (excludes halogenated alkanes) is 3. The van der Waals surface area contributed by atoms with Gasteiger partial charge in [-0.15, -0.1) is 0 Å². The summed E-state index contributed by atoms with van der Waals surface area (Å²) in [6.45, 7) is 10.4. The maximum atomic E-state index is 10.9. The van der Waals surface area contributed by atoms with Crippen LogP contribution in [0.1, 0.15) is 66.2 Å². The quantitative estimate of drug-likeness (QED) is 0.568. The van der Waals surface area contributed by atoms with E-state index in [1.165, 1.54) is 19.3 Å². The first-order chi connectivity index (χ1) is 8.81. The second-order valence-electron chi connectivity index (χ2n) is 6.02. The Morgan fingerprint density at radius 2 is 1.74 bits per heavy atom. The van der Waals surface area contributed by atoms with Crippen molar-refractivity contribution in [3.05, 3.63) is 0 Å². The SMILES string of the molecule is CCCCCN(CCCCC(C)(N)C(=O)O)C(C)C. The number of carboxylic acids is 1. The molecule has 0 heterocycles. The van der Waals surface area contributed by atoms with Crippen molar-refractivity contribution in [3.8, 4) is 0 Å². The number of nitrogens with two attached hydrogens (primary N) is 1. The fourth-order valence-electron chi connectivity index (χ4n) is 2.11. The van der Waals surface area contributed by atoms with Gasteiger partial charge < -0.3 is 15.7 Å². The summed E-state index contributed by atoms with van der Waals surface area (Å²) in [6, 6.07) is 0.556. The summed E-state index contributed by atoms with van der Waals surface area (Å²) >= 11 is 0. The molecule has 0 fully saturated rings. The molecular weight excluding hydrogens is 240 g/mol. The van der Waals surface area contributed by atoms with E-state index in [4.69, 9.17) is 10.8 Å². The largest absolute Gasteiger partial charge is 0.480 e. The maximum Gasteiger partial charge on any atom is 0.323 e. The first kappa shape index (κ1) is 18.4. The van der Waals surface area contributed by atoms with Crippen molar-refractivity contribution >= 4 is 5.97 Å². The third kappa shape index (κ3) is 8.22. The first-order valence-corrected chi connectivity index (χ1v) is 7.57. The molecule has 0 saturated carbocycles. The summed E-state index contributed by atoms with van der Waals surface area (Å²) in [5.74, 6) is -0.906. The van der Waals surface area contributed by atoms with Crippen LogP contribution in [0.4, 0.5) is 0 Å². The molecule has 4 heteroatoms. The molecule has 4 nitrogen and oxygen atoms in total. The van der Waals surface area contributed by atoms with E-state index in [-0.39, 0.29) is 0 Å². The summed E-state index contributed by atoms with van der Waals surface area (Å²) in [5.41, 5.74) is 4.64. The highest BCUT2D eigenvalue weighted by atomic mass is 16.4. The van der Waals surface area contributed by atoms with Crippen molar-refractivity contribution in [1.29, 1.82) is 0 Å². The highest BCUT2D eigenvalue weighted by Gasteiger charge is 2.26. The van der Waals surface area contributed by atoms with Crippen LogP contribution in [-0.4, -0.2) is 40.6 Å². The van der Waals surface area contributed by atoms with Gasteiger partial charge in [0.15, 0.2) is 0 Å². The zero-order valence-corrected chi connectivity index (χ0v) is 13.1. The summed E-state index contributed by atoms with van der Waals surface area (Å²) in [4.78, 5) is 13.4. The molecule has 0 aromatic carbocycles. The number of hydrogen-bond donors (Lipinski definition) is 2. The minimum Gasteiger partial charge on any atom is -0.480 e. The molecule has 0 aliphatic carbocycles. The lowest BCUT2D eigenvalue weighted by Gasteiger charge is -2.27. The Labute approximate surface area is 118 Å².